The number of hydrogen-bond donors (Lipinski definition) is 1. The van der Waals surface area contributed by atoms with Gasteiger partial charge in [-0.05, 0) is 43.4 Å². The second-order valence-corrected chi connectivity index (χ2v) is 7.95. The highest BCUT2D eigenvalue weighted by Crippen LogP contribution is 2.30. The van der Waals surface area contributed by atoms with Gasteiger partial charge in [0.1, 0.15) is 0 Å². The lowest BCUT2D eigenvalue weighted by atomic mass is 9.78. The average molecular weight is 294 g/mol. The van der Waals surface area contributed by atoms with Crippen molar-refractivity contribution in [3.63, 3.8) is 0 Å². The fourth-order valence-electron chi connectivity index (χ4n) is 4.33. The summed E-state index contributed by atoms with van der Waals surface area (Å²) >= 11 is 0. The van der Waals surface area contributed by atoms with Crippen molar-refractivity contribution in [3.8, 4) is 0 Å². The number of nitrogens with one attached hydrogen (secondary N) is 1. The maximum atomic E-state index is 12.7. The first-order chi connectivity index (χ1) is 9.88. The summed E-state index contributed by atoms with van der Waals surface area (Å²) in [6.07, 6.45) is 5.10. The number of piperidine rings is 1. The summed E-state index contributed by atoms with van der Waals surface area (Å²) < 4.78 is 0. The van der Waals surface area contributed by atoms with Gasteiger partial charge in [0.25, 0.3) is 0 Å². The quantitative estimate of drug-likeness (QED) is 0.866. The highest BCUT2D eigenvalue weighted by Gasteiger charge is 2.32. The Morgan fingerprint density at radius 2 is 1.71 bits per heavy atom. The zero-order chi connectivity index (χ0) is 15.6. The van der Waals surface area contributed by atoms with Crippen LogP contribution >= 0.6 is 0 Å². The SMILES string of the molecule is CC1CC(C)CN(C(=O)C(C)NC2CCCC(C)C2C)C1. The number of carbonyl (C=O) groups is 1. The fourth-order valence-corrected chi connectivity index (χ4v) is 4.33. The van der Waals surface area contributed by atoms with E-state index in [0.29, 0.717) is 29.7 Å². The second-order valence-electron chi connectivity index (χ2n) is 7.95. The molecule has 2 aliphatic rings. The number of rotatable bonds is 3. The average Bonchev–Trinajstić information content (AvgIpc) is 2.42. The van der Waals surface area contributed by atoms with Crippen LogP contribution in [0, 0.1) is 23.7 Å². The molecule has 0 aromatic heterocycles. The third-order valence-corrected chi connectivity index (χ3v) is 5.72. The van der Waals surface area contributed by atoms with E-state index in [1.54, 1.807) is 0 Å². The van der Waals surface area contributed by atoms with Crippen molar-refractivity contribution in [1.29, 1.82) is 0 Å². The molecule has 1 heterocycles. The molecular weight excluding hydrogens is 260 g/mol. The number of amides is 1. The van der Waals surface area contributed by atoms with Crippen molar-refractivity contribution >= 4 is 5.91 Å². The number of likely N-dealkylation sites (tertiary alicyclic amines) is 1. The molecule has 6 atom stereocenters. The third-order valence-electron chi connectivity index (χ3n) is 5.72. The van der Waals surface area contributed by atoms with Crippen molar-refractivity contribution in [2.45, 2.75) is 72.4 Å². The lowest BCUT2D eigenvalue weighted by Crippen LogP contribution is -2.54. The van der Waals surface area contributed by atoms with E-state index in [2.05, 4.69) is 44.8 Å². The molecule has 3 nitrogen and oxygen atoms in total. The minimum absolute atomic E-state index is 0.0414. The predicted molar refractivity (Wildman–Crippen MR) is 88.1 cm³/mol. The molecule has 6 unspecified atom stereocenters. The Morgan fingerprint density at radius 3 is 2.33 bits per heavy atom. The normalized spacial score (nSPS) is 39.1. The summed E-state index contributed by atoms with van der Waals surface area (Å²) in [6, 6.07) is 0.465. The van der Waals surface area contributed by atoms with E-state index in [0.717, 1.165) is 19.0 Å². The third kappa shape index (κ3) is 4.21. The van der Waals surface area contributed by atoms with Crippen LogP contribution in [0.4, 0.5) is 0 Å². The van der Waals surface area contributed by atoms with Gasteiger partial charge in [-0.15, -0.1) is 0 Å². The smallest absolute Gasteiger partial charge is 0.239 e. The van der Waals surface area contributed by atoms with Gasteiger partial charge in [0, 0.05) is 19.1 Å². The molecule has 21 heavy (non-hydrogen) atoms. The van der Waals surface area contributed by atoms with Crippen LogP contribution in [-0.2, 0) is 4.79 Å². The van der Waals surface area contributed by atoms with Gasteiger partial charge in [-0.2, -0.15) is 0 Å². The summed E-state index contributed by atoms with van der Waals surface area (Å²) in [5.74, 6) is 3.03. The highest BCUT2D eigenvalue weighted by atomic mass is 16.2. The zero-order valence-corrected chi connectivity index (χ0v) is 14.6. The topological polar surface area (TPSA) is 32.3 Å². The molecule has 1 aliphatic carbocycles. The second kappa shape index (κ2) is 7.13. The highest BCUT2D eigenvalue weighted by molar-refractivity contribution is 5.81. The van der Waals surface area contributed by atoms with Crippen molar-refractivity contribution in [1.82, 2.24) is 10.2 Å². The molecule has 3 heteroatoms. The van der Waals surface area contributed by atoms with E-state index >= 15 is 0 Å². The summed E-state index contributed by atoms with van der Waals surface area (Å²) in [6.45, 7) is 13.1. The van der Waals surface area contributed by atoms with Crippen molar-refractivity contribution in [3.05, 3.63) is 0 Å². The maximum absolute atomic E-state index is 12.7. The molecule has 0 spiro atoms. The molecule has 2 fully saturated rings. The van der Waals surface area contributed by atoms with Gasteiger partial charge in [-0.25, -0.2) is 0 Å². The van der Waals surface area contributed by atoms with Crippen molar-refractivity contribution in [2.24, 2.45) is 23.7 Å². The van der Waals surface area contributed by atoms with E-state index in [9.17, 15) is 4.79 Å². The van der Waals surface area contributed by atoms with Gasteiger partial charge >= 0.3 is 0 Å². The van der Waals surface area contributed by atoms with Crippen LogP contribution in [0.15, 0.2) is 0 Å². The van der Waals surface area contributed by atoms with Gasteiger partial charge in [0.2, 0.25) is 5.91 Å². The molecule has 1 saturated carbocycles. The summed E-state index contributed by atoms with van der Waals surface area (Å²) in [5, 5.41) is 3.63. The Labute approximate surface area is 130 Å². The standard InChI is InChI=1S/C18H34N2O/c1-12-9-13(2)11-20(10-12)18(21)16(5)19-17-8-6-7-14(3)15(17)4/h12-17,19H,6-11H2,1-5H3. The minimum Gasteiger partial charge on any atom is -0.341 e. The number of carbonyl (C=O) groups excluding carboxylic acids is 1. The lowest BCUT2D eigenvalue weighted by molar-refractivity contribution is -0.136. The minimum atomic E-state index is -0.0414. The molecule has 1 N–H and O–H groups in total. The monoisotopic (exact) mass is 294 g/mol. The summed E-state index contributed by atoms with van der Waals surface area (Å²) in [5.41, 5.74) is 0. The number of nitrogens with zero attached hydrogens (tertiary/aromatic N) is 1. The van der Waals surface area contributed by atoms with E-state index in [1.165, 1.54) is 25.7 Å². The van der Waals surface area contributed by atoms with E-state index in [-0.39, 0.29) is 6.04 Å². The molecule has 122 valence electrons. The van der Waals surface area contributed by atoms with Gasteiger partial charge in [-0.3, -0.25) is 4.79 Å². The van der Waals surface area contributed by atoms with Crippen LogP contribution < -0.4 is 5.32 Å². The van der Waals surface area contributed by atoms with Crippen LogP contribution in [0.3, 0.4) is 0 Å². The first kappa shape index (κ1) is 16.8. The molecular formula is C18H34N2O. The molecule has 0 bridgehead atoms. The first-order valence-electron chi connectivity index (χ1n) is 8.93. The Morgan fingerprint density at radius 1 is 1.10 bits per heavy atom. The molecule has 1 saturated heterocycles. The van der Waals surface area contributed by atoms with Crippen LogP contribution in [0.1, 0.15) is 60.3 Å². The van der Waals surface area contributed by atoms with E-state index in [4.69, 9.17) is 0 Å². The Bertz CT molecular complexity index is 347. The zero-order valence-electron chi connectivity index (χ0n) is 14.6. The van der Waals surface area contributed by atoms with Gasteiger partial charge in [-0.1, -0.05) is 40.5 Å². The molecule has 0 aromatic rings. The largest absolute Gasteiger partial charge is 0.341 e. The molecule has 0 radical (unpaired) electrons. The van der Waals surface area contributed by atoms with Crippen LogP contribution in [0.25, 0.3) is 0 Å². The Hall–Kier alpha value is -0.570. The first-order valence-corrected chi connectivity index (χ1v) is 8.93. The predicted octanol–water partition coefficient (Wildman–Crippen LogP) is 3.29. The number of hydrogen-bond acceptors (Lipinski definition) is 2. The fraction of sp³-hybridized carbons (Fsp3) is 0.944. The van der Waals surface area contributed by atoms with Crippen LogP contribution in [0.5, 0.6) is 0 Å². The van der Waals surface area contributed by atoms with Crippen LogP contribution in [-0.4, -0.2) is 36.0 Å². The molecule has 0 aromatic carbocycles. The van der Waals surface area contributed by atoms with Crippen LogP contribution in [0.2, 0.25) is 0 Å². The van der Waals surface area contributed by atoms with E-state index < -0.39 is 0 Å². The van der Waals surface area contributed by atoms with E-state index in [1.807, 2.05) is 0 Å². The van der Waals surface area contributed by atoms with Crippen molar-refractivity contribution < 1.29 is 4.79 Å². The van der Waals surface area contributed by atoms with Gasteiger partial charge in [0.05, 0.1) is 6.04 Å². The van der Waals surface area contributed by atoms with Gasteiger partial charge in [0.15, 0.2) is 0 Å². The molecule has 1 aliphatic heterocycles. The molecule has 1 amide bonds. The van der Waals surface area contributed by atoms with Crippen molar-refractivity contribution in [2.75, 3.05) is 13.1 Å². The maximum Gasteiger partial charge on any atom is 0.239 e. The summed E-state index contributed by atoms with van der Waals surface area (Å²) in [4.78, 5) is 14.8. The Kier molecular flexibility index (Phi) is 5.70. The van der Waals surface area contributed by atoms with Gasteiger partial charge < -0.3 is 10.2 Å². The summed E-state index contributed by atoms with van der Waals surface area (Å²) in [7, 11) is 0. The molecule has 2 rings (SSSR count). The Balaban J connectivity index is 1.90. The lowest BCUT2D eigenvalue weighted by Gasteiger charge is -2.39.